The van der Waals surface area contributed by atoms with E-state index < -0.39 is 10.9 Å². The number of rotatable bonds is 3. The normalized spacial score (nSPS) is 13.3. The lowest BCUT2D eigenvalue weighted by atomic mass is 10.2. The van der Waals surface area contributed by atoms with E-state index in [1.807, 2.05) is 37.3 Å². The first kappa shape index (κ1) is 12.2. The molecule has 82 valence electrons. The van der Waals surface area contributed by atoms with Gasteiger partial charge in [0.05, 0.1) is 0 Å². The summed E-state index contributed by atoms with van der Waals surface area (Å²) in [6, 6.07) is 9.22. The molecule has 1 aromatic carbocycles. The Bertz CT molecular complexity index is 351. The van der Waals surface area contributed by atoms with Gasteiger partial charge in [0.25, 0.3) is 0 Å². The first-order valence-corrected chi connectivity index (χ1v) is 6.76. The Morgan fingerprint density at radius 3 is 2.47 bits per heavy atom. The van der Waals surface area contributed by atoms with Crippen molar-refractivity contribution in [1.29, 1.82) is 0 Å². The molecule has 0 saturated heterocycles. The molecule has 0 aromatic heterocycles. The van der Waals surface area contributed by atoms with Crippen LogP contribution in [0.25, 0.3) is 0 Å². The molecule has 0 aliphatic heterocycles. The number of thiol groups is 1. The number of benzene rings is 1. The van der Waals surface area contributed by atoms with E-state index in [2.05, 4.69) is 0 Å². The second-order valence-corrected chi connectivity index (χ2v) is 6.09. The summed E-state index contributed by atoms with van der Waals surface area (Å²) in [6.45, 7) is 2.03. The molecule has 1 rings (SSSR count). The molecule has 1 aromatic rings. The highest BCUT2D eigenvalue weighted by Crippen LogP contribution is 2.30. The minimum atomic E-state index is -0.987. The van der Waals surface area contributed by atoms with Crippen LogP contribution in [0.3, 0.4) is 0 Å². The number of carbonyl (C=O) groups excluding carboxylic acids is 1. The van der Waals surface area contributed by atoms with Crippen LogP contribution < -0.4 is 5.73 Å². The molecule has 0 aliphatic carbocycles. The molecule has 2 N–H and O–H groups in total. The Labute approximate surface area is 98.2 Å². The molecule has 1 atom stereocenters. The van der Waals surface area contributed by atoms with Crippen LogP contribution in [0.2, 0.25) is 0 Å². The van der Waals surface area contributed by atoms with Gasteiger partial charge < -0.3 is 5.73 Å². The van der Waals surface area contributed by atoms with Gasteiger partial charge in [0.15, 0.2) is 0 Å². The monoisotopic (exact) mass is 241 g/mol. The molecule has 0 fully saturated rings. The Hall–Kier alpha value is -0.870. The summed E-state index contributed by atoms with van der Waals surface area (Å²) in [4.78, 5) is 12.0. The number of thiocarbonyl (C=S) groups is 1. The second kappa shape index (κ2) is 5.88. The lowest BCUT2D eigenvalue weighted by Crippen LogP contribution is -2.17. The number of hydrogen-bond donors (Lipinski definition) is 2. The van der Waals surface area contributed by atoms with Crippen molar-refractivity contribution in [3.8, 4) is 0 Å². The highest BCUT2D eigenvalue weighted by molar-refractivity contribution is 8.46. The van der Waals surface area contributed by atoms with Crippen LogP contribution in [0.1, 0.15) is 23.7 Å². The largest absolute Gasteiger partial charge is 0.386 e. The molecule has 0 bridgehead atoms. The number of hydrogen-bond acceptors (Lipinski definition) is 2. The molecule has 0 aliphatic rings. The number of carbonyl (C=O) groups is 1. The molecule has 2 nitrogen and oxygen atoms in total. The maximum absolute atomic E-state index is 12.0. The summed E-state index contributed by atoms with van der Waals surface area (Å²) in [5.74, 6) is 0.790. The molecule has 1 unspecified atom stereocenters. The maximum Gasteiger partial charge on any atom is 0.205 e. The first-order valence-electron chi connectivity index (χ1n) is 4.83. The molecular weight excluding hydrogens is 226 g/mol. The third kappa shape index (κ3) is 3.32. The highest BCUT2D eigenvalue weighted by atomic mass is 32.2. The zero-order chi connectivity index (χ0) is 11.3. The lowest BCUT2D eigenvalue weighted by Gasteiger charge is -2.17. The van der Waals surface area contributed by atoms with Crippen molar-refractivity contribution in [3.63, 3.8) is 0 Å². The van der Waals surface area contributed by atoms with E-state index in [9.17, 15) is 4.79 Å². The van der Waals surface area contributed by atoms with Crippen molar-refractivity contribution in [1.82, 2.24) is 0 Å². The fourth-order valence-electron chi connectivity index (χ4n) is 1.27. The van der Waals surface area contributed by atoms with Gasteiger partial charge in [-0.25, -0.2) is 0 Å². The topological polar surface area (TPSA) is 43.1 Å². The molecule has 0 amide bonds. The summed E-state index contributed by atoms with van der Waals surface area (Å²) in [5, 5.41) is 0.0972. The van der Waals surface area contributed by atoms with Crippen molar-refractivity contribution < 1.29 is 4.79 Å². The summed E-state index contributed by atoms with van der Waals surface area (Å²) >= 11 is 4.94. The average molecular weight is 241 g/mol. The van der Waals surface area contributed by atoms with E-state index in [4.69, 9.17) is 18.0 Å². The van der Waals surface area contributed by atoms with E-state index >= 15 is 0 Å². The van der Waals surface area contributed by atoms with Crippen LogP contribution in [0.5, 0.6) is 0 Å². The van der Waals surface area contributed by atoms with Crippen molar-refractivity contribution in [2.75, 3.05) is 5.75 Å². The molecule has 0 spiro atoms. The van der Waals surface area contributed by atoms with Gasteiger partial charge in [0, 0.05) is 5.56 Å². The van der Waals surface area contributed by atoms with Gasteiger partial charge in [-0.15, -0.1) is 10.9 Å². The molecular formula is C11H15NOS2. The van der Waals surface area contributed by atoms with Gasteiger partial charge in [0.2, 0.25) is 5.12 Å². The molecule has 0 heterocycles. The third-order valence-electron chi connectivity index (χ3n) is 1.98. The summed E-state index contributed by atoms with van der Waals surface area (Å²) in [5.41, 5.74) is 6.31. The minimum Gasteiger partial charge on any atom is -0.386 e. The van der Waals surface area contributed by atoms with Crippen molar-refractivity contribution in [2.45, 2.75) is 13.3 Å². The lowest BCUT2D eigenvalue weighted by molar-refractivity contribution is 0.108. The Morgan fingerprint density at radius 1 is 1.40 bits per heavy atom. The van der Waals surface area contributed by atoms with Crippen molar-refractivity contribution >= 4 is 32.5 Å². The highest BCUT2D eigenvalue weighted by Gasteiger charge is 2.17. The predicted octanol–water partition coefficient (Wildman–Crippen LogP) is 2.48. The molecule has 0 radical (unpaired) electrons. The number of nitrogens with two attached hydrogens (primary N) is 1. The van der Waals surface area contributed by atoms with Crippen molar-refractivity contribution in [3.05, 3.63) is 35.9 Å². The summed E-state index contributed by atoms with van der Waals surface area (Å²) in [6.07, 6.45) is 0.932. The zero-order valence-corrected chi connectivity index (χ0v) is 10.4. The van der Waals surface area contributed by atoms with Gasteiger partial charge >= 0.3 is 0 Å². The Morgan fingerprint density at radius 2 is 2.00 bits per heavy atom. The third-order valence-corrected chi connectivity index (χ3v) is 4.82. The SMILES string of the molecule is CCC[SH](C(=O)c1ccccc1)C(N)=S. The Kier molecular flexibility index (Phi) is 4.78. The quantitative estimate of drug-likeness (QED) is 0.631. The van der Waals surface area contributed by atoms with Gasteiger partial charge in [0.1, 0.15) is 4.32 Å². The van der Waals surface area contributed by atoms with E-state index in [0.29, 0.717) is 9.88 Å². The summed E-state index contributed by atoms with van der Waals surface area (Å²) < 4.78 is 0.362. The maximum atomic E-state index is 12.0. The van der Waals surface area contributed by atoms with E-state index in [1.165, 1.54) is 0 Å². The molecule has 0 saturated carbocycles. The van der Waals surface area contributed by atoms with E-state index in [-0.39, 0.29) is 5.12 Å². The van der Waals surface area contributed by atoms with Crippen LogP contribution in [0, 0.1) is 0 Å². The Balaban J connectivity index is 2.86. The zero-order valence-electron chi connectivity index (χ0n) is 8.64. The molecule has 15 heavy (non-hydrogen) atoms. The van der Waals surface area contributed by atoms with E-state index in [0.717, 1.165) is 12.2 Å². The van der Waals surface area contributed by atoms with Crippen LogP contribution in [-0.4, -0.2) is 15.2 Å². The standard InChI is InChI=1S/C11H15NOS2/c1-2-8-15(11(12)14)10(13)9-6-4-3-5-7-9/h3-7,15H,2,8H2,1H3,(H2,12,14). The van der Waals surface area contributed by atoms with Gasteiger partial charge in [-0.05, 0) is 12.2 Å². The van der Waals surface area contributed by atoms with Crippen LogP contribution in [0.4, 0.5) is 0 Å². The predicted molar refractivity (Wildman–Crippen MR) is 71.7 cm³/mol. The van der Waals surface area contributed by atoms with Gasteiger partial charge in [-0.2, -0.15) is 0 Å². The first-order chi connectivity index (χ1) is 7.16. The van der Waals surface area contributed by atoms with E-state index in [1.54, 1.807) is 0 Å². The van der Waals surface area contributed by atoms with Crippen LogP contribution in [0.15, 0.2) is 30.3 Å². The average Bonchev–Trinajstić information content (AvgIpc) is 2.26. The van der Waals surface area contributed by atoms with Gasteiger partial charge in [-0.1, -0.05) is 49.5 Å². The van der Waals surface area contributed by atoms with Gasteiger partial charge in [-0.3, -0.25) is 4.79 Å². The smallest absolute Gasteiger partial charge is 0.205 e. The van der Waals surface area contributed by atoms with Crippen LogP contribution in [-0.2, 0) is 0 Å². The van der Waals surface area contributed by atoms with Crippen molar-refractivity contribution in [2.24, 2.45) is 5.73 Å². The summed E-state index contributed by atoms with van der Waals surface area (Å²) in [7, 11) is -0.987. The minimum absolute atomic E-state index is 0.0972. The van der Waals surface area contributed by atoms with Crippen LogP contribution >= 0.6 is 23.1 Å². The second-order valence-electron chi connectivity index (χ2n) is 3.16. The fourth-order valence-corrected chi connectivity index (χ4v) is 3.33. The fraction of sp³-hybridized carbons (Fsp3) is 0.273. The molecule has 4 heteroatoms.